The number of carbonyl (C=O) groups is 1. The zero-order valence-electron chi connectivity index (χ0n) is 13.2. The summed E-state index contributed by atoms with van der Waals surface area (Å²) in [6, 6.07) is 21.2. The Hall–Kier alpha value is -3.34. The minimum Gasteiger partial charge on any atom is -0.324 e. The Bertz CT molecular complexity index is 999. The molecule has 2 N–H and O–H groups in total. The number of amides is 2. The Morgan fingerprint density at radius 1 is 1.00 bits per heavy atom. The molecule has 0 saturated carbocycles. The van der Waals surface area contributed by atoms with Crippen LogP contribution >= 0.6 is 0 Å². The van der Waals surface area contributed by atoms with Crippen molar-refractivity contribution in [3.05, 3.63) is 66.7 Å². The van der Waals surface area contributed by atoms with Gasteiger partial charge in [0.2, 0.25) is 5.95 Å². The summed E-state index contributed by atoms with van der Waals surface area (Å²) in [6.45, 7) is 0. The lowest BCUT2D eigenvalue weighted by Crippen LogP contribution is -2.32. The van der Waals surface area contributed by atoms with E-state index in [1.807, 2.05) is 66.7 Å². The quantitative estimate of drug-likeness (QED) is 0.576. The molecule has 1 heterocycles. The van der Waals surface area contributed by atoms with Crippen molar-refractivity contribution in [1.82, 2.24) is 9.97 Å². The van der Waals surface area contributed by atoms with E-state index < -0.39 is 0 Å². The molecule has 3 aromatic carbocycles. The number of nitrogens with one attached hydrogen (secondary N) is 2. The smallest absolute Gasteiger partial charge is 0.324 e. The third kappa shape index (κ3) is 2.46. The van der Waals surface area contributed by atoms with Gasteiger partial charge in [-0.2, -0.15) is 0 Å². The van der Waals surface area contributed by atoms with Crippen LogP contribution < -0.4 is 10.2 Å². The summed E-state index contributed by atoms with van der Waals surface area (Å²) in [5, 5.41) is 5.05. The second-order valence-electron chi connectivity index (χ2n) is 5.59. The Morgan fingerprint density at radius 3 is 2.62 bits per heavy atom. The molecule has 0 bridgehead atoms. The van der Waals surface area contributed by atoms with Crippen molar-refractivity contribution in [3.8, 4) is 0 Å². The SMILES string of the molecule is CN(C(=O)Nc1cccc2ccccc12)c1nc2ccccc2[nH]1. The highest BCUT2D eigenvalue weighted by molar-refractivity contribution is 6.06. The van der Waals surface area contributed by atoms with Crippen molar-refractivity contribution in [1.29, 1.82) is 0 Å². The van der Waals surface area contributed by atoms with E-state index >= 15 is 0 Å². The first-order valence-electron chi connectivity index (χ1n) is 7.69. The fourth-order valence-corrected chi connectivity index (χ4v) is 2.73. The van der Waals surface area contributed by atoms with Gasteiger partial charge >= 0.3 is 6.03 Å². The number of fused-ring (bicyclic) bond motifs is 2. The van der Waals surface area contributed by atoms with Gasteiger partial charge in [0.15, 0.2) is 0 Å². The van der Waals surface area contributed by atoms with Crippen LogP contribution in [0.1, 0.15) is 0 Å². The largest absolute Gasteiger partial charge is 0.328 e. The Kier molecular flexibility index (Phi) is 3.39. The number of benzene rings is 3. The summed E-state index contributed by atoms with van der Waals surface area (Å²) in [5.74, 6) is 0.508. The van der Waals surface area contributed by atoms with Crippen LogP contribution in [-0.4, -0.2) is 23.0 Å². The monoisotopic (exact) mass is 316 g/mol. The van der Waals surface area contributed by atoms with Crippen molar-refractivity contribution >= 4 is 39.5 Å². The number of rotatable bonds is 2. The molecule has 2 amide bonds. The number of imidazole rings is 1. The maximum atomic E-state index is 12.6. The number of nitrogens with zero attached hydrogens (tertiary/aromatic N) is 2. The minimum absolute atomic E-state index is 0.245. The average Bonchev–Trinajstić information content (AvgIpc) is 3.05. The first-order valence-corrected chi connectivity index (χ1v) is 7.69. The van der Waals surface area contributed by atoms with Gasteiger partial charge in [-0.05, 0) is 23.6 Å². The predicted octanol–water partition coefficient (Wildman–Crippen LogP) is 4.38. The van der Waals surface area contributed by atoms with Gasteiger partial charge in [0.05, 0.1) is 16.7 Å². The number of anilines is 2. The molecule has 0 aliphatic carbocycles. The van der Waals surface area contributed by atoms with Gasteiger partial charge in [-0.1, -0.05) is 48.5 Å². The van der Waals surface area contributed by atoms with Crippen LogP contribution in [0.15, 0.2) is 66.7 Å². The van der Waals surface area contributed by atoms with Gasteiger partial charge in [-0.25, -0.2) is 9.78 Å². The lowest BCUT2D eigenvalue weighted by Gasteiger charge is -2.16. The highest BCUT2D eigenvalue weighted by Crippen LogP contribution is 2.24. The van der Waals surface area contributed by atoms with Crippen molar-refractivity contribution in [2.24, 2.45) is 0 Å². The topological polar surface area (TPSA) is 61.0 Å². The molecule has 1 aromatic heterocycles. The molecular formula is C19H16N4O. The van der Waals surface area contributed by atoms with E-state index in [1.165, 1.54) is 4.90 Å². The van der Waals surface area contributed by atoms with Crippen LogP contribution in [0.4, 0.5) is 16.4 Å². The van der Waals surface area contributed by atoms with Crippen LogP contribution in [0.25, 0.3) is 21.8 Å². The standard InChI is InChI=1S/C19H16N4O/c1-23(18-20-16-10-4-5-11-17(16)21-18)19(24)22-15-12-6-8-13-7-2-3-9-14(13)15/h2-12H,1H3,(H,20,21)(H,22,24). The molecule has 0 radical (unpaired) electrons. The molecule has 5 heteroatoms. The van der Waals surface area contributed by atoms with E-state index in [0.29, 0.717) is 5.95 Å². The van der Waals surface area contributed by atoms with E-state index in [1.54, 1.807) is 7.05 Å². The van der Waals surface area contributed by atoms with Gasteiger partial charge < -0.3 is 10.3 Å². The van der Waals surface area contributed by atoms with Crippen molar-refractivity contribution in [3.63, 3.8) is 0 Å². The van der Waals surface area contributed by atoms with E-state index in [9.17, 15) is 4.79 Å². The molecule has 0 aliphatic rings. The number of hydrogen-bond donors (Lipinski definition) is 2. The molecule has 5 nitrogen and oxygen atoms in total. The van der Waals surface area contributed by atoms with Crippen molar-refractivity contribution in [2.75, 3.05) is 17.3 Å². The van der Waals surface area contributed by atoms with Gasteiger partial charge in [-0.15, -0.1) is 0 Å². The summed E-state index contributed by atoms with van der Waals surface area (Å²) in [6.07, 6.45) is 0. The number of H-pyrrole nitrogens is 1. The van der Waals surface area contributed by atoms with E-state index in [-0.39, 0.29) is 6.03 Å². The number of hydrogen-bond acceptors (Lipinski definition) is 2. The zero-order chi connectivity index (χ0) is 16.5. The molecule has 0 fully saturated rings. The van der Waals surface area contributed by atoms with Crippen molar-refractivity contribution in [2.45, 2.75) is 0 Å². The van der Waals surface area contributed by atoms with Gasteiger partial charge in [0.1, 0.15) is 0 Å². The molecule has 118 valence electrons. The van der Waals surface area contributed by atoms with Crippen LogP contribution in [-0.2, 0) is 0 Å². The molecule has 4 rings (SSSR count). The molecule has 0 aliphatic heterocycles. The number of carbonyl (C=O) groups excluding carboxylic acids is 1. The second-order valence-corrected chi connectivity index (χ2v) is 5.59. The van der Waals surface area contributed by atoms with E-state index in [2.05, 4.69) is 15.3 Å². The summed E-state index contributed by atoms with van der Waals surface area (Å²) in [5.41, 5.74) is 2.51. The summed E-state index contributed by atoms with van der Waals surface area (Å²) >= 11 is 0. The van der Waals surface area contributed by atoms with Gasteiger partial charge in [-0.3, -0.25) is 4.90 Å². The van der Waals surface area contributed by atoms with Crippen molar-refractivity contribution < 1.29 is 4.79 Å². The van der Waals surface area contributed by atoms with Crippen LogP contribution in [0.3, 0.4) is 0 Å². The number of aromatic amines is 1. The Labute approximate surface area is 138 Å². The number of urea groups is 1. The normalized spacial score (nSPS) is 10.9. The second kappa shape index (κ2) is 5.70. The molecule has 24 heavy (non-hydrogen) atoms. The summed E-state index contributed by atoms with van der Waals surface area (Å²) in [7, 11) is 1.69. The third-order valence-corrected chi connectivity index (χ3v) is 4.03. The number of aromatic nitrogens is 2. The highest BCUT2D eigenvalue weighted by atomic mass is 16.2. The third-order valence-electron chi connectivity index (χ3n) is 4.03. The van der Waals surface area contributed by atoms with Crippen LogP contribution in [0.5, 0.6) is 0 Å². The molecule has 0 atom stereocenters. The lowest BCUT2D eigenvalue weighted by atomic mass is 10.1. The lowest BCUT2D eigenvalue weighted by molar-refractivity contribution is 0.258. The average molecular weight is 316 g/mol. The van der Waals surface area contributed by atoms with Gasteiger partial charge in [0, 0.05) is 12.4 Å². The van der Waals surface area contributed by atoms with Crippen LogP contribution in [0.2, 0.25) is 0 Å². The Morgan fingerprint density at radius 2 is 1.75 bits per heavy atom. The maximum Gasteiger partial charge on any atom is 0.328 e. The molecule has 0 saturated heterocycles. The predicted molar refractivity (Wildman–Crippen MR) is 97.5 cm³/mol. The van der Waals surface area contributed by atoms with Crippen LogP contribution in [0, 0.1) is 0 Å². The highest BCUT2D eigenvalue weighted by Gasteiger charge is 2.15. The maximum absolute atomic E-state index is 12.6. The molecule has 0 spiro atoms. The molecular weight excluding hydrogens is 300 g/mol. The summed E-state index contributed by atoms with van der Waals surface area (Å²) in [4.78, 5) is 21.7. The Balaban J connectivity index is 1.63. The fraction of sp³-hybridized carbons (Fsp3) is 0.0526. The minimum atomic E-state index is -0.245. The number of para-hydroxylation sites is 2. The summed E-state index contributed by atoms with van der Waals surface area (Å²) < 4.78 is 0. The molecule has 4 aromatic rings. The first-order chi connectivity index (χ1) is 11.7. The van der Waals surface area contributed by atoms with E-state index in [0.717, 1.165) is 27.5 Å². The van der Waals surface area contributed by atoms with Gasteiger partial charge in [0.25, 0.3) is 0 Å². The zero-order valence-corrected chi connectivity index (χ0v) is 13.2. The van der Waals surface area contributed by atoms with E-state index in [4.69, 9.17) is 0 Å². The first kappa shape index (κ1) is 14.3. The fourth-order valence-electron chi connectivity index (χ4n) is 2.73. The molecule has 0 unspecified atom stereocenters.